The average Bonchev–Trinajstić information content (AvgIpc) is 2.91. The predicted molar refractivity (Wildman–Crippen MR) is 106 cm³/mol. The summed E-state index contributed by atoms with van der Waals surface area (Å²) < 4.78 is 38.4. The number of carbonyl (C=O) groups is 2. The van der Waals surface area contributed by atoms with Crippen molar-refractivity contribution < 1.29 is 27.9 Å². The summed E-state index contributed by atoms with van der Waals surface area (Å²) in [7, 11) is 1.45. The number of pyridine rings is 1. The van der Waals surface area contributed by atoms with Crippen LogP contribution in [0.5, 0.6) is 0 Å². The first-order valence-corrected chi connectivity index (χ1v) is 9.88. The zero-order valence-electron chi connectivity index (χ0n) is 16.6. The molecule has 2 heterocycles. The number of rotatable bonds is 7. The van der Waals surface area contributed by atoms with Crippen LogP contribution in [0.2, 0.25) is 5.02 Å². The van der Waals surface area contributed by atoms with Gasteiger partial charge in [-0.05, 0) is 32.0 Å². The summed E-state index contributed by atoms with van der Waals surface area (Å²) in [4.78, 5) is 31.6. The number of nitrogens with zero attached hydrogens (tertiary/aromatic N) is 4. The number of amides is 2. The maximum absolute atomic E-state index is 12.8. The van der Waals surface area contributed by atoms with E-state index in [1.165, 1.54) is 7.05 Å². The molecule has 0 bridgehead atoms. The largest absolute Gasteiger partial charge is 0.465 e. The SMILES string of the molecule is CNC(=O)CN(CCCN1CCCN(c2ncc(C(F)(F)F)cc2Cl)CC1)C(=O)O. The first-order valence-electron chi connectivity index (χ1n) is 9.50. The van der Waals surface area contributed by atoms with Gasteiger partial charge in [0.25, 0.3) is 0 Å². The van der Waals surface area contributed by atoms with Crippen LogP contribution in [0.3, 0.4) is 0 Å². The van der Waals surface area contributed by atoms with Crippen LogP contribution in [0.15, 0.2) is 12.3 Å². The van der Waals surface area contributed by atoms with Crippen molar-refractivity contribution in [2.45, 2.75) is 19.0 Å². The second-order valence-electron chi connectivity index (χ2n) is 6.94. The van der Waals surface area contributed by atoms with Crippen LogP contribution in [0.25, 0.3) is 0 Å². The molecule has 1 aliphatic rings. The molecule has 1 aliphatic heterocycles. The second kappa shape index (κ2) is 10.7. The summed E-state index contributed by atoms with van der Waals surface area (Å²) in [6.45, 7) is 3.21. The van der Waals surface area contributed by atoms with Gasteiger partial charge in [-0.25, -0.2) is 9.78 Å². The lowest BCUT2D eigenvalue weighted by Gasteiger charge is -2.24. The van der Waals surface area contributed by atoms with Crippen molar-refractivity contribution in [2.75, 3.05) is 57.8 Å². The number of halogens is 4. The Kier molecular flexibility index (Phi) is 8.54. The van der Waals surface area contributed by atoms with E-state index in [2.05, 4.69) is 15.2 Å². The van der Waals surface area contributed by atoms with Gasteiger partial charge in [-0.1, -0.05) is 11.6 Å². The van der Waals surface area contributed by atoms with Crippen LogP contribution < -0.4 is 10.2 Å². The molecule has 1 aromatic heterocycles. The van der Waals surface area contributed by atoms with Gasteiger partial charge in [-0.2, -0.15) is 13.2 Å². The standard InChI is InChI=1S/C18H25ClF3N5O3/c1-23-15(28)12-27(17(29)30)7-3-5-25-4-2-6-26(9-8-25)16-14(19)10-13(11-24-16)18(20,21)22/h10-11H,2-9,12H2,1H3,(H,23,28)(H,29,30). The zero-order chi connectivity index (χ0) is 22.3. The average molecular weight is 452 g/mol. The fourth-order valence-electron chi connectivity index (χ4n) is 3.20. The molecule has 1 fully saturated rings. The molecule has 168 valence electrons. The minimum absolute atomic E-state index is 0.0374. The molecule has 0 atom stereocenters. The highest BCUT2D eigenvalue weighted by molar-refractivity contribution is 6.33. The fourth-order valence-corrected chi connectivity index (χ4v) is 3.49. The van der Waals surface area contributed by atoms with Crippen LogP contribution >= 0.6 is 11.6 Å². The lowest BCUT2D eigenvalue weighted by molar-refractivity contribution is -0.137. The van der Waals surface area contributed by atoms with Crippen molar-refractivity contribution in [1.82, 2.24) is 20.1 Å². The minimum Gasteiger partial charge on any atom is -0.465 e. The maximum atomic E-state index is 12.8. The third kappa shape index (κ3) is 6.91. The molecular weight excluding hydrogens is 427 g/mol. The molecule has 0 spiro atoms. The van der Waals surface area contributed by atoms with E-state index < -0.39 is 17.8 Å². The second-order valence-corrected chi connectivity index (χ2v) is 7.35. The van der Waals surface area contributed by atoms with E-state index >= 15 is 0 Å². The minimum atomic E-state index is -4.49. The van der Waals surface area contributed by atoms with Gasteiger partial charge < -0.3 is 20.2 Å². The first-order chi connectivity index (χ1) is 14.1. The van der Waals surface area contributed by atoms with Crippen molar-refractivity contribution in [3.63, 3.8) is 0 Å². The number of anilines is 1. The first kappa shape index (κ1) is 24.0. The van der Waals surface area contributed by atoms with Crippen molar-refractivity contribution in [1.29, 1.82) is 0 Å². The van der Waals surface area contributed by atoms with Crippen molar-refractivity contribution in [3.05, 3.63) is 22.8 Å². The summed E-state index contributed by atoms with van der Waals surface area (Å²) in [6, 6.07) is 0.888. The van der Waals surface area contributed by atoms with Crippen LogP contribution in [0.4, 0.5) is 23.8 Å². The summed E-state index contributed by atoms with van der Waals surface area (Å²) in [5.74, 6) is -0.0436. The molecule has 2 N–H and O–H groups in total. The molecule has 2 amide bonds. The Morgan fingerprint density at radius 3 is 2.63 bits per heavy atom. The van der Waals surface area contributed by atoms with Crippen LogP contribution in [0.1, 0.15) is 18.4 Å². The van der Waals surface area contributed by atoms with E-state index in [9.17, 15) is 27.9 Å². The Balaban J connectivity index is 1.88. The van der Waals surface area contributed by atoms with Gasteiger partial charge in [0.15, 0.2) is 0 Å². The molecule has 12 heteroatoms. The molecule has 30 heavy (non-hydrogen) atoms. The Hall–Kier alpha value is -2.27. The summed E-state index contributed by atoms with van der Waals surface area (Å²) >= 11 is 6.05. The summed E-state index contributed by atoms with van der Waals surface area (Å²) in [5.41, 5.74) is -0.882. The highest BCUT2D eigenvalue weighted by Gasteiger charge is 2.32. The Morgan fingerprint density at radius 1 is 1.30 bits per heavy atom. The number of hydrogen-bond donors (Lipinski definition) is 2. The monoisotopic (exact) mass is 451 g/mol. The number of aromatic nitrogens is 1. The van der Waals surface area contributed by atoms with Crippen molar-refractivity contribution in [3.8, 4) is 0 Å². The number of likely N-dealkylation sites (N-methyl/N-ethyl adjacent to an activating group) is 1. The van der Waals surface area contributed by atoms with Gasteiger partial charge >= 0.3 is 12.3 Å². The summed E-state index contributed by atoms with van der Waals surface area (Å²) in [6.07, 6.45) is -3.53. The quantitative estimate of drug-likeness (QED) is 0.661. The van der Waals surface area contributed by atoms with Gasteiger partial charge in [-0.15, -0.1) is 0 Å². The van der Waals surface area contributed by atoms with E-state index in [1.807, 2.05) is 4.90 Å². The van der Waals surface area contributed by atoms with Gasteiger partial charge in [0.1, 0.15) is 12.4 Å². The number of hydrogen-bond acceptors (Lipinski definition) is 5. The smallest absolute Gasteiger partial charge is 0.417 e. The molecule has 0 unspecified atom stereocenters. The molecule has 0 radical (unpaired) electrons. The molecule has 0 aliphatic carbocycles. The highest BCUT2D eigenvalue weighted by Crippen LogP contribution is 2.33. The van der Waals surface area contributed by atoms with E-state index in [4.69, 9.17) is 11.6 Å². The van der Waals surface area contributed by atoms with E-state index in [-0.39, 0.29) is 24.0 Å². The molecule has 8 nitrogen and oxygen atoms in total. The van der Waals surface area contributed by atoms with Gasteiger partial charge in [-0.3, -0.25) is 9.69 Å². The van der Waals surface area contributed by atoms with Crippen molar-refractivity contribution >= 4 is 29.4 Å². The van der Waals surface area contributed by atoms with Gasteiger partial charge in [0.2, 0.25) is 5.91 Å². The molecule has 0 aromatic carbocycles. The van der Waals surface area contributed by atoms with E-state index in [0.29, 0.717) is 38.4 Å². The summed E-state index contributed by atoms with van der Waals surface area (Å²) in [5, 5.41) is 11.6. The number of nitrogens with one attached hydrogen (secondary N) is 1. The predicted octanol–water partition coefficient (Wildman–Crippen LogP) is 2.38. The van der Waals surface area contributed by atoms with Crippen LogP contribution in [-0.4, -0.2) is 84.8 Å². The third-order valence-electron chi connectivity index (χ3n) is 4.82. The number of carboxylic acid groups (broad SMARTS) is 1. The Labute approximate surface area is 177 Å². The number of alkyl halides is 3. The Morgan fingerprint density at radius 2 is 2.03 bits per heavy atom. The molecule has 1 saturated heterocycles. The van der Waals surface area contributed by atoms with E-state index in [0.717, 1.165) is 30.1 Å². The third-order valence-corrected chi connectivity index (χ3v) is 5.10. The van der Waals surface area contributed by atoms with Crippen LogP contribution in [0, 0.1) is 0 Å². The zero-order valence-corrected chi connectivity index (χ0v) is 17.3. The normalized spacial score (nSPS) is 15.6. The van der Waals surface area contributed by atoms with Crippen LogP contribution in [-0.2, 0) is 11.0 Å². The molecule has 0 saturated carbocycles. The number of carbonyl (C=O) groups excluding carboxylic acids is 1. The lowest BCUT2D eigenvalue weighted by Crippen LogP contribution is -2.40. The highest BCUT2D eigenvalue weighted by atomic mass is 35.5. The Bertz CT molecular complexity index is 750. The lowest BCUT2D eigenvalue weighted by atomic mass is 10.2. The maximum Gasteiger partial charge on any atom is 0.417 e. The molecular formula is C18H25ClF3N5O3. The molecule has 2 rings (SSSR count). The molecule has 1 aromatic rings. The fraction of sp³-hybridized carbons (Fsp3) is 0.611. The topological polar surface area (TPSA) is 89.0 Å². The van der Waals surface area contributed by atoms with Crippen molar-refractivity contribution in [2.24, 2.45) is 0 Å². The van der Waals surface area contributed by atoms with Gasteiger partial charge in [0, 0.05) is 39.4 Å². The van der Waals surface area contributed by atoms with Gasteiger partial charge in [0.05, 0.1) is 10.6 Å². The van der Waals surface area contributed by atoms with E-state index in [1.54, 1.807) is 0 Å².